The maximum Gasteiger partial charge on any atom is 0.295 e. The van der Waals surface area contributed by atoms with Gasteiger partial charge in [-0.15, -0.1) is 0 Å². The number of aliphatic hydroxyl groups is 1. The molecule has 0 saturated carbocycles. The van der Waals surface area contributed by atoms with E-state index in [2.05, 4.69) is 11.8 Å². The third-order valence-electron chi connectivity index (χ3n) is 6.58. The summed E-state index contributed by atoms with van der Waals surface area (Å²) < 4.78 is 10.6. The number of ether oxygens (including phenoxy) is 2. The van der Waals surface area contributed by atoms with Crippen molar-refractivity contribution in [1.82, 2.24) is 9.80 Å². The summed E-state index contributed by atoms with van der Waals surface area (Å²) in [6.07, 6.45) is 1.63. The zero-order valence-corrected chi connectivity index (χ0v) is 19.8. The maximum atomic E-state index is 13.2. The number of hydrogen-bond donors (Lipinski definition) is 1. The second-order valence-corrected chi connectivity index (χ2v) is 8.62. The van der Waals surface area contributed by atoms with Gasteiger partial charge in [-0.1, -0.05) is 31.2 Å². The Morgan fingerprint density at radius 3 is 2.32 bits per heavy atom. The van der Waals surface area contributed by atoms with Gasteiger partial charge in [0.1, 0.15) is 11.5 Å². The molecule has 2 aliphatic rings. The molecule has 0 unspecified atom stereocenters. The molecule has 1 atom stereocenters. The molecule has 2 aromatic rings. The third kappa shape index (κ3) is 5.00. The van der Waals surface area contributed by atoms with Crippen LogP contribution in [0.25, 0.3) is 5.76 Å². The number of aliphatic hydroxyl groups excluding tert-OH is 1. The van der Waals surface area contributed by atoms with E-state index >= 15 is 0 Å². The third-order valence-corrected chi connectivity index (χ3v) is 6.58. The van der Waals surface area contributed by atoms with Crippen LogP contribution in [0.2, 0.25) is 0 Å². The number of amides is 1. The van der Waals surface area contributed by atoms with Crippen molar-refractivity contribution >= 4 is 17.4 Å². The number of ketones is 1. The number of Topliss-reactive ketones (excluding diaryl/α,β-unsaturated/α-hetero) is 1. The Bertz CT molecular complexity index is 1040. The molecule has 2 aromatic carbocycles. The predicted octanol–water partition coefficient (Wildman–Crippen LogP) is 3.40. The molecule has 0 aromatic heterocycles. The Morgan fingerprint density at radius 1 is 1.03 bits per heavy atom. The first-order valence-electron chi connectivity index (χ1n) is 11.8. The van der Waals surface area contributed by atoms with E-state index in [0.29, 0.717) is 17.9 Å². The molecule has 2 saturated heterocycles. The van der Waals surface area contributed by atoms with Crippen molar-refractivity contribution in [2.24, 2.45) is 0 Å². The minimum absolute atomic E-state index is 0.130. The number of methoxy groups -OCH3 is 1. The van der Waals surface area contributed by atoms with Gasteiger partial charge in [-0.05, 0) is 48.2 Å². The number of aryl methyl sites for hydroxylation is 1. The predicted molar refractivity (Wildman–Crippen MR) is 130 cm³/mol. The molecular formula is C27H32N2O5. The highest BCUT2D eigenvalue weighted by Gasteiger charge is 2.45. The highest BCUT2D eigenvalue weighted by Crippen LogP contribution is 2.39. The Balaban J connectivity index is 1.66. The summed E-state index contributed by atoms with van der Waals surface area (Å²) in [7, 11) is 1.57. The van der Waals surface area contributed by atoms with E-state index in [4.69, 9.17) is 9.47 Å². The molecule has 0 radical (unpaired) electrons. The van der Waals surface area contributed by atoms with Crippen molar-refractivity contribution in [2.75, 3.05) is 46.5 Å². The molecule has 7 heteroatoms. The van der Waals surface area contributed by atoms with Crippen LogP contribution in [0.1, 0.15) is 36.1 Å². The fourth-order valence-electron chi connectivity index (χ4n) is 4.59. The lowest BCUT2D eigenvalue weighted by Gasteiger charge is -2.29. The summed E-state index contributed by atoms with van der Waals surface area (Å²) in [5, 5.41) is 11.2. The van der Waals surface area contributed by atoms with Gasteiger partial charge in [0.25, 0.3) is 11.7 Å². The number of nitrogens with zero attached hydrogens (tertiary/aromatic N) is 2. The van der Waals surface area contributed by atoms with Crippen LogP contribution < -0.4 is 4.74 Å². The van der Waals surface area contributed by atoms with Gasteiger partial charge in [-0.2, -0.15) is 0 Å². The first kappa shape index (κ1) is 24.0. The lowest BCUT2D eigenvalue weighted by atomic mass is 9.94. The fraction of sp³-hybridized carbons (Fsp3) is 0.407. The number of morpholine rings is 1. The molecule has 0 aliphatic carbocycles. The Hall–Kier alpha value is -3.16. The van der Waals surface area contributed by atoms with E-state index in [1.54, 1.807) is 36.3 Å². The first-order valence-corrected chi connectivity index (χ1v) is 11.8. The second kappa shape index (κ2) is 10.8. The van der Waals surface area contributed by atoms with Crippen molar-refractivity contribution < 1.29 is 24.2 Å². The molecule has 1 amide bonds. The van der Waals surface area contributed by atoms with Crippen molar-refractivity contribution in [3.8, 4) is 5.75 Å². The van der Waals surface area contributed by atoms with E-state index in [-0.39, 0.29) is 11.3 Å². The summed E-state index contributed by atoms with van der Waals surface area (Å²) in [4.78, 5) is 30.2. The fourth-order valence-corrected chi connectivity index (χ4v) is 4.59. The summed E-state index contributed by atoms with van der Waals surface area (Å²) in [5.41, 5.74) is 2.59. The van der Waals surface area contributed by atoms with Crippen LogP contribution in [-0.4, -0.2) is 73.1 Å². The summed E-state index contributed by atoms with van der Waals surface area (Å²) in [5.74, 6) is -0.737. The molecule has 7 nitrogen and oxygen atoms in total. The van der Waals surface area contributed by atoms with Crippen LogP contribution in [0.3, 0.4) is 0 Å². The molecule has 180 valence electrons. The quantitative estimate of drug-likeness (QED) is 0.367. The van der Waals surface area contributed by atoms with E-state index in [0.717, 1.165) is 51.3 Å². The van der Waals surface area contributed by atoms with Crippen LogP contribution in [0, 0.1) is 0 Å². The van der Waals surface area contributed by atoms with E-state index in [9.17, 15) is 14.7 Å². The van der Waals surface area contributed by atoms with Crippen LogP contribution in [0.4, 0.5) is 0 Å². The topological polar surface area (TPSA) is 79.3 Å². The van der Waals surface area contributed by atoms with Crippen molar-refractivity contribution in [2.45, 2.75) is 25.8 Å². The van der Waals surface area contributed by atoms with Crippen LogP contribution in [0.5, 0.6) is 5.75 Å². The number of carbonyl (C=O) groups is 2. The average molecular weight is 465 g/mol. The number of carbonyl (C=O) groups excluding carboxylic acids is 2. The molecule has 34 heavy (non-hydrogen) atoms. The molecule has 1 N–H and O–H groups in total. The SMILES string of the molecule is CCc1ccc([C@H]2C(=C(O)c3ccc(OC)cc3)C(=O)C(=O)N2CCCN2CCOCC2)cc1. The Kier molecular flexibility index (Phi) is 7.65. The van der Waals surface area contributed by atoms with E-state index < -0.39 is 17.7 Å². The number of rotatable bonds is 8. The van der Waals surface area contributed by atoms with Gasteiger partial charge in [0.05, 0.1) is 31.9 Å². The summed E-state index contributed by atoms with van der Waals surface area (Å²) >= 11 is 0. The van der Waals surface area contributed by atoms with Crippen molar-refractivity contribution in [3.63, 3.8) is 0 Å². The molecule has 0 bridgehead atoms. The zero-order valence-electron chi connectivity index (χ0n) is 19.8. The highest BCUT2D eigenvalue weighted by atomic mass is 16.5. The van der Waals surface area contributed by atoms with E-state index in [1.807, 2.05) is 24.3 Å². The van der Waals surface area contributed by atoms with Gasteiger partial charge in [0, 0.05) is 31.7 Å². The standard InChI is InChI=1S/C27H32N2O5/c1-3-19-5-7-20(8-6-19)24-23(25(30)21-9-11-22(33-2)12-10-21)26(31)27(32)29(24)14-4-13-28-15-17-34-18-16-28/h5-12,24,30H,3-4,13-18H2,1-2H3/t24-/m0/s1. The Morgan fingerprint density at radius 2 is 1.71 bits per heavy atom. The lowest BCUT2D eigenvalue weighted by molar-refractivity contribution is -0.140. The van der Waals surface area contributed by atoms with Gasteiger partial charge in [-0.25, -0.2) is 0 Å². The first-order chi connectivity index (χ1) is 16.5. The van der Waals surface area contributed by atoms with Gasteiger partial charge >= 0.3 is 0 Å². The highest BCUT2D eigenvalue weighted by molar-refractivity contribution is 6.46. The smallest absolute Gasteiger partial charge is 0.295 e. The number of benzene rings is 2. The molecule has 2 fully saturated rings. The van der Waals surface area contributed by atoms with Gasteiger partial charge < -0.3 is 19.5 Å². The summed E-state index contributed by atoms with van der Waals surface area (Å²) in [6, 6.07) is 14.1. The summed E-state index contributed by atoms with van der Waals surface area (Å²) in [6.45, 7) is 6.52. The minimum Gasteiger partial charge on any atom is -0.507 e. The van der Waals surface area contributed by atoms with Crippen molar-refractivity contribution in [1.29, 1.82) is 0 Å². The maximum absolute atomic E-state index is 13.2. The van der Waals surface area contributed by atoms with E-state index in [1.165, 1.54) is 5.56 Å². The second-order valence-electron chi connectivity index (χ2n) is 8.62. The van der Waals surface area contributed by atoms with Crippen LogP contribution >= 0.6 is 0 Å². The molecule has 4 rings (SSSR count). The molecule has 2 heterocycles. The minimum atomic E-state index is -0.649. The van der Waals surface area contributed by atoms with Gasteiger partial charge in [-0.3, -0.25) is 14.5 Å². The number of likely N-dealkylation sites (tertiary alicyclic amines) is 1. The Labute approximate surface area is 200 Å². The zero-order chi connectivity index (χ0) is 24.1. The van der Waals surface area contributed by atoms with Crippen LogP contribution in [0.15, 0.2) is 54.1 Å². The van der Waals surface area contributed by atoms with Gasteiger partial charge in [0.15, 0.2) is 0 Å². The largest absolute Gasteiger partial charge is 0.507 e. The molecular weight excluding hydrogens is 432 g/mol. The van der Waals surface area contributed by atoms with Gasteiger partial charge in [0.2, 0.25) is 0 Å². The van der Waals surface area contributed by atoms with Crippen LogP contribution in [-0.2, 0) is 20.7 Å². The number of hydrogen-bond acceptors (Lipinski definition) is 6. The normalized spacial score (nSPS) is 20.6. The lowest BCUT2D eigenvalue weighted by Crippen LogP contribution is -2.38. The van der Waals surface area contributed by atoms with Crippen molar-refractivity contribution in [3.05, 3.63) is 70.8 Å². The molecule has 0 spiro atoms. The molecule has 2 aliphatic heterocycles. The average Bonchev–Trinajstić information content (AvgIpc) is 3.14. The monoisotopic (exact) mass is 464 g/mol.